The number of aromatic nitrogens is 2. The molecule has 0 aliphatic heterocycles. The van der Waals surface area contributed by atoms with E-state index in [1.807, 2.05) is 0 Å². The summed E-state index contributed by atoms with van der Waals surface area (Å²) in [6.45, 7) is 0. The molecule has 0 saturated heterocycles. The van der Waals surface area contributed by atoms with Crippen molar-refractivity contribution in [1.82, 2.24) is 9.97 Å². The number of H-pyrrole nitrogens is 1. The van der Waals surface area contributed by atoms with Crippen LogP contribution in [-0.4, -0.2) is 18.4 Å². The lowest BCUT2D eigenvalue weighted by atomic mass is 10.3. The van der Waals surface area contributed by atoms with Gasteiger partial charge in [-0.2, -0.15) is 12.0 Å². The minimum atomic E-state index is -3.86. The Balaban J connectivity index is 2.67. The van der Waals surface area contributed by atoms with Crippen LogP contribution in [0.5, 0.6) is 0 Å². The normalized spacial score (nSPS) is 12.1. The molecule has 1 N–H and O–H groups in total. The van der Waals surface area contributed by atoms with E-state index >= 15 is 0 Å². The van der Waals surface area contributed by atoms with Crippen LogP contribution in [0.3, 0.4) is 0 Å². The van der Waals surface area contributed by atoms with Crippen molar-refractivity contribution in [2.24, 2.45) is 0 Å². The van der Waals surface area contributed by atoms with Gasteiger partial charge in [-0.15, -0.1) is 0 Å². The molecule has 0 saturated carbocycles. The molecule has 0 bridgehead atoms. The first-order chi connectivity index (χ1) is 6.63. The van der Waals surface area contributed by atoms with Gasteiger partial charge in [0.15, 0.2) is 0 Å². The molecule has 0 aliphatic rings. The third kappa shape index (κ3) is 1.49. The maximum absolute atomic E-state index is 11.2. The second-order valence-electron chi connectivity index (χ2n) is 2.59. The van der Waals surface area contributed by atoms with Crippen LogP contribution in [0.25, 0.3) is 11.0 Å². The summed E-state index contributed by atoms with van der Waals surface area (Å²) >= 11 is 3.25. The van der Waals surface area contributed by atoms with Crippen LogP contribution in [0.1, 0.15) is 0 Å². The quantitative estimate of drug-likeness (QED) is 0.599. The highest BCUT2D eigenvalue weighted by Gasteiger charge is 2.18. The molecule has 0 radical (unpaired) electrons. The number of hydrogen-bond acceptors (Lipinski definition) is 5. The lowest BCUT2D eigenvalue weighted by Gasteiger charge is -1.91. The predicted molar refractivity (Wildman–Crippen MR) is 53.4 cm³/mol. The van der Waals surface area contributed by atoms with E-state index in [2.05, 4.69) is 26.5 Å². The third-order valence-corrected chi connectivity index (χ3v) is 3.15. The van der Waals surface area contributed by atoms with E-state index in [0.717, 1.165) is 0 Å². The monoisotopic (exact) mass is 230 g/mol. The van der Waals surface area contributed by atoms with E-state index in [1.165, 1.54) is 0 Å². The summed E-state index contributed by atoms with van der Waals surface area (Å²) in [7, 11) is -3.86. The average molecular weight is 230 g/mol. The van der Waals surface area contributed by atoms with Crippen LogP contribution in [0.4, 0.5) is 0 Å². The molecule has 2 aromatic rings. The number of thiol groups is 1. The van der Waals surface area contributed by atoms with Crippen LogP contribution in [0.15, 0.2) is 29.4 Å². The molecule has 1 heterocycles. The molecular formula is C7H6N2O3S2. The number of nitrogens with one attached hydrogen (secondary N) is 1. The Labute approximate surface area is 85.9 Å². The highest BCUT2D eigenvalue weighted by atomic mass is 32.3. The predicted octanol–water partition coefficient (Wildman–Crippen LogP) is 1.11. The summed E-state index contributed by atoms with van der Waals surface area (Å²) in [6, 6.07) is 6.96. The van der Waals surface area contributed by atoms with Gasteiger partial charge in [0, 0.05) is 0 Å². The van der Waals surface area contributed by atoms with E-state index in [9.17, 15) is 8.42 Å². The Bertz CT molecular complexity index is 528. The fourth-order valence-corrected chi connectivity index (χ4v) is 1.81. The van der Waals surface area contributed by atoms with Gasteiger partial charge in [-0.25, -0.2) is 4.98 Å². The van der Waals surface area contributed by atoms with Gasteiger partial charge in [0.05, 0.1) is 11.0 Å². The van der Waals surface area contributed by atoms with Crippen molar-refractivity contribution in [2.75, 3.05) is 0 Å². The minimum Gasteiger partial charge on any atom is -0.327 e. The first-order valence-electron chi connectivity index (χ1n) is 3.66. The maximum Gasteiger partial charge on any atom is 0.341 e. The highest BCUT2D eigenvalue weighted by Crippen LogP contribution is 2.15. The molecule has 0 fully saturated rings. The minimum absolute atomic E-state index is 0.242. The van der Waals surface area contributed by atoms with Crippen molar-refractivity contribution in [2.45, 2.75) is 5.16 Å². The van der Waals surface area contributed by atoms with E-state index < -0.39 is 10.1 Å². The number of imidazole rings is 1. The van der Waals surface area contributed by atoms with Crippen molar-refractivity contribution in [3.8, 4) is 0 Å². The topological polar surface area (TPSA) is 72.1 Å². The number of nitrogens with zero attached hydrogens (tertiary/aromatic N) is 1. The van der Waals surface area contributed by atoms with Gasteiger partial charge in [-0.3, -0.25) is 0 Å². The number of rotatable bonds is 2. The Morgan fingerprint density at radius 1 is 1.36 bits per heavy atom. The van der Waals surface area contributed by atoms with Crippen LogP contribution in [-0.2, 0) is 13.7 Å². The van der Waals surface area contributed by atoms with Crippen molar-refractivity contribution >= 4 is 34.1 Å². The third-order valence-electron chi connectivity index (χ3n) is 1.70. The first kappa shape index (κ1) is 9.50. The molecule has 1 aromatic heterocycles. The standard InChI is InChI=1S/C7H6N2O3S2/c10-14(11,12-13)7-8-5-3-1-2-4-6(5)9-7/h1-4,13H,(H,8,9). The van der Waals surface area contributed by atoms with Gasteiger partial charge >= 0.3 is 10.1 Å². The zero-order chi connectivity index (χ0) is 10.2. The number of para-hydroxylation sites is 2. The molecule has 7 heteroatoms. The lowest BCUT2D eigenvalue weighted by molar-refractivity contribution is 0.514. The number of aromatic amines is 1. The van der Waals surface area contributed by atoms with Crippen molar-refractivity contribution in [3.05, 3.63) is 24.3 Å². The van der Waals surface area contributed by atoms with Gasteiger partial charge in [-0.05, 0) is 25.0 Å². The summed E-state index contributed by atoms with van der Waals surface area (Å²) < 4.78 is 26.4. The van der Waals surface area contributed by atoms with Crippen molar-refractivity contribution in [1.29, 1.82) is 0 Å². The Morgan fingerprint density at radius 2 is 2.07 bits per heavy atom. The number of benzene rings is 1. The fourth-order valence-electron chi connectivity index (χ4n) is 1.08. The molecule has 14 heavy (non-hydrogen) atoms. The fraction of sp³-hybridized carbons (Fsp3) is 0. The smallest absolute Gasteiger partial charge is 0.327 e. The van der Waals surface area contributed by atoms with E-state index in [4.69, 9.17) is 0 Å². The van der Waals surface area contributed by atoms with Gasteiger partial charge in [-0.1, -0.05) is 12.1 Å². The Morgan fingerprint density at radius 3 is 2.71 bits per heavy atom. The average Bonchev–Trinajstić information content (AvgIpc) is 2.61. The van der Waals surface area contributed by atoms with Crippen molar-refractivity contribution in [3.63, 3.8) is 0 Å². The van der Waals surface area contributed by atoms with E-state index in [0.29, 0.717) is 11.0 Å². The molecule has 74 valence electrons. The van der Waals surface area contributed by atoms with E-state index in [-0.39, 0.29) is 5.16 Å². The first-order valence-corrected chi connectivity index (χ1v) is 5.43. The van der Waals surface area contributed by atoms with Gasteiger partial charge in [0.1, 0.15) is 0 Å². The molecule has 0 unspecified atom stereocenters. The molecule has 1 aromatic carbocycles. The summed E-state index contributed by atoms with van der Waals surface area (Å²) in [5.41, 5.74) is 1.20. The molecular weight excluding hydrogens is 224 g/mol. The van der Waals surface area contributed by atoms with Crippen LogP contribution < -0.4 is 0 Å². The number of hydrogen-bond donors (Lipinski definition) is 2. The SMILES string of the molecule is O=S(=O)(OS)c1nc2ccccc2[nH]1. The van der Waals surface area contributed by atoms with Gasteiger partial charge in [0.2, 0.25) is 0 Å². The van der Waals surface area contributed by atoms with E-state index in [1.54, 1.807) is 24.3 Å². The molecule has 0 spiro atoms. The molecule has 0 aliphatic carbocycles. The van der Waals surface area contributed by atoms with Crippen LogP contribution in [0.2, 0.25) is 0 Å². The van der Waals surface area contributed by atoms with Crippen LogP contribution in [0, 0.1) is 0 Å². The molecule has 2 rings (SSSR count). The maximum atomic E-state index is 11.2. The Kier molecular flexibility index (Phi) is 2.22. The Hall–Kier alpha value is -1.05. The molecule has 0 amide bonds. The van der Waals surface area contributed by atoms with Gasteiger partial charge in [0.25, 0.3) is 5.16 Å². The summed E-state index contributed by atoms with van der Waals surface area (Å²) in [5.74, 6) is 0. The highest BCUT2D eigenvalue weighted by molar-refractivity contribution is 7.95. The second kappa shape index (κ2) is 3.26. The zero-order valence-electron chi connectivity index (χ0n) is 6.84. The summed E-state index contributed by atoms with van der Waals surface area (Å²) in [5, 5.41) is -0.242. The molecule has 5 nitrogen and oxygen atoms in total. The zero-order valence-corrected chi connectivity index (χ0v) is 8.55. The summed E-state index contributed by atoms with van der Waals surface area (Å²) in [4.78, 5) is 6.45. The summed E-state index contributed by atoms with van der Waals surface area (Å²) in [6.07, 6.45) is 0. The van der Waals surface area contributed by atoms with Crippen molar-refractivity contribution < 1.29 is 12.0 Å². The van der Waals surface area contributed by atoms with Gasteiger partial charge < -0.3 is 4.98 Å². The molecule has 0 atom stereocenters. The largest absolute Gasteiger partial charge is 0.341 e. The lowest BCUT2D eigenvalue weighted by Crippen LogP contribution is -2.01. The second-order valence-corrected chi connectivity index (χ2v) is 4.48. The number of fused-ring (bicyclic) bond motifs is 1. The van der Waals surface area contributed by atoms with Crippen LogP contribution >= 0.6 is 12.9 Å².